The molecule has 32 heavy (non-hydrogen) atoms. The minimum atomic E-state index is -2.95. The van der Waals surface area contributed by atoms with Gasteiger partial charge in [-0.3, -0.25) is 14.4 Å². The van der Waals surface area contributed by atoms with Gasteiger partial charge in [-0.25, -0.2) is 17.6 Å². The molecule has 1 aromatic heterocycles. The van der Waals surface area contributed by atoms with E-state index in [0.717, 1.165) is 22.8 Å². The molecular formula is C21H18F4N4O3. The first-order chi connectivity index (χ1) is 14.8. The Bertz CT molecular complexity index is 1190. The third-order valence-corrected chi connectivity index (χ3v) is 5.33. The van der Waals surface area contributed by atoms with Crippen LogP contribution in [0, 0.1) is 29.9 Å². The zero-order chi connectivity index (χ0) is 24.0. The third kappa shape index (κ3) is 4.08. The molecule has 168 valence electrons. The second kappa shape index (κ2) is 7.78. The molecule has 2 aromatic rings. The number of carbonyl (C=O) groups is 3. The standard InChI is InChI=1S/C21H18F4N4O3/c1-10-14(17(30)19(32)28-20(2)8-21(24,25)9-20)15(23)16(29(10)3)18(31)27-12-4-5-13(22)11(6-12)7-26/h4-6H,8-9H2,1-3H3,(H,27,31)(H,28,32). The van der Waals surface area contributed by atoms with Crippen LogP contribution in [-0.4, -0.2) is 33.6 Å². The smallest absolute Gasteiger partial charge is 0.293 e. The molecule has 1 aliphatic carbocycles. The number of nitrogens with zero attached hydrogens (tertiary/aromatic N) is 2. The topological polar surface area (TPSA) is 104 Å². The summed E-state index contributed by atoms with van der Waals surface area (Å²) in [5.41, 5.74) is -2.90. The number of nitriles is 1. The van der Waals surface area contributed by atoms with Crippen LogP contribution in [0.3, 0.4) is 0 Å². The average Bonchev–Trinajstić information content (AvgIpc) is 2.89. The SMILES string of the molecule is Cc1c(C(=O)C(=O)NC2(C)CC(F)(F)C2)c(F)c(C(=O)Nc2ccc(F)c(C#N)c2)n1C. The van der Waals surface area contributed by atoms with Gasteiger partial charge in [0.25, 0.3) is 23.5 Å². The predicted octanol–water partition coefficient (Wildman–Crippen LogP) is 3.22. The van der Waals surface area contributed by atoms with Crippen LogP contribution >= 0.6 is 0 Å². The van der Waals surface area contributed by atoms with Crippen LogP contribution in [0.4, 0.5) is 23.2 Å². The number of ketones is 1. The van der Waals surface area contributed by atoms with Crippen molar-refractivity contribution in [3.8, 4) is 6.07 Å². The normalized spacial score (nSPS) is 15.9. The summed E-state index contributed by atoms with van der Waals surface area (Å²) >= 11 is 0. The lowest BCUT2D eigenvalue weighted by Gasteiger charge is -2.45. The van der Waals surface area contributed by atoms with Gasteiger partial charge >= 0.3 is 0 Å². The van der Waals surface area contributed by atoms with Crippen molar-refractivity contribution in [2.45, 2.75) is 38.2 Å². The molecule has 11 heteroatoms. The fourth-order valence-corrected chi connectivity index (χ4v) is 3.78. The molecule has 1 aromatic carbocycles. The largest absolute Gasteiger partial charge is 0.344 e. The lowest BCUT2D eigenvalue weighted by Crippen LogP contribution is -2.61. The van der Waals surface area contributed by atoms with E-state index in [4.69, 9.17) is 5.26 Å². The quantitative estimate of drug-likeness (QED) is 0.415. The monoisotopic (exact) mass is 450 g/mol. The van der Waals surface area contributed by atoms with Crippen LogP contribution in [0.5, 0.6) is 0 Å². The van der Waals surface area contributed by atoms with Gasteiger partial charge in [0.1, 0.15) is 17.6 Å². The number of nitrogens with one attached hydrogen (secondary N) is 2. The molecule has 0 radical (unpaired) electrons. The molecule has 0 aliphatic heterocycles. The highest BCUT2D eigenvalue weighted by molar-refractivity contribution is 6.43. The maximum atomic E-state index is 15.1. The summed E-state index contributed by atoms with van der Waals surface area (Å²) in [5.74, 6) is -8.60. The van der Waals surface area contributed by atoms with E-state index < -0.39 is 64.8 Å². The number of Topliss-reactive ketones (excluding diaryl/α,β-unsaturated/α-hetero) is 1. The van der Waals surface area contributed by atoms with Crippen LogP contribution in [0.1, 0.15) is 51.9 Å². The van der Waals surface area contributed by atoms with E-state index in [0.29, 0.717) is 0 Å². The molecule has 7 nitrogen and oxygen atoms in total. The van der Waals surface area contributed by atoms with E-state index in [1.54, 1.807) is 6.07 Å². The molecule has 1 saturated carbocycles. The van der Waals surface area contributed by atoms with Crippen molar-refractivity contribution in [2.75, 3.05) is 5.32 Å². The second-order valence-electron chi connectivity index (χ2n) is 8.00. The molecule has 1 aliphatic rings. The summed E-state index contributed by atoms with van der Waals surface area (Å²) in [6.45, 7) is 2.66. The highest BCUT2D eigenvalue weighted by atomic mass is 19.3. The van der Waals surface area contributed by atoms with Gasteiger partial charge in [-0.05, 0) is 32.0 Å². The Balaban J connectivity index is 1.85. The Morgan fingerprint density at radius 1 is 1.19 bits per heavy atom. The Labute approximate surface area is 180 Å². The number of hydrogen-bond donors (Lipinski definition) is 2. The van der Waals surface area contributed by atoms with Crippen molar-refractivity contribution in [1.29, 1.82) is 5.26 Å². The number of aromatic nitrogens is 1. The van der Waals surface area contributed by atoms with Gasteiger partial charge in [-0.1, -0.05) is 0 Å². The number of hydrogen-bond acceptors (Lipinski definition) is 4. The van der Waals surface area contributed by atoms with E-state index in [-0.39, 0.29) is 16.9 Å². The van der Waals surface area contributed by atoms with E-state index >= 15 is 4.39 Å². The van der Waals surface area contributed by atoms with Gasteiger partial charge in [0.15, 0.2) is 5.82 Å². The minimum absolute atomic E-state index is 0.00987. The first-order valence-corrected chi connectivity index (χ1v) is 9.39. The van der Waals surface area contributed by atoms with Crippen LogP contribution < -0.4 is 10.6 Å². The molecule has 0 spiro atoms. The second-order valence-corrected chi connectivity index (χ2v) is 8.00. The van der Waals surface area contributed by atoms with Crippen molar-refractivity contribution in [3.63, 3.8) is 0 Å². The van der Waals surface area contributed by atoms with Gasteiger partial charge in [-0.2, -0.15) is 5.26 Å². The lowest BCUT2D eigenvalue weighted by molar-refractivity contribution is -0.140. The summed E-state index contributed by atoms with van der Waals surface area (Å²) in [4.78, 5) is 37.5. The lowest BCUT2D eigenvalue weighted by atomic mass is 9.75. The number of benzene rings is 1. The Hall–Kier alpha value is -3.68. The van der Waals surface area contributed by atoms with Gasteiger partial charge in [0.2, 0.25) is 0 Å². The summed E-state index contributed by atoms with van der Waals surface area (Å²) in [7, 11) is 1.29. The Morgan fingerprint density at radius 2 is 1.81 bits per heavy atom. The first kappa shape index (κ1) is 23.0. The molecule has 3 rings (SSSR count). The number of anilines is 1. The molecule has 2 N–H and O–H groups in total. The summed E-state index contributed by atoms with van der Waals surface area (Å²) in [6, 6.07) is 4.77. The minimum Gasteiger partial charge on any atom is -0.344 e. The summed E-state index contributed by atoms with van der Waals surface area (Å²) in [5, 5.41) is 13.4. The first-order valence-electron chi connectivity index (χ1n) is 9.39. The summed E-state index contributed by atoms with van der Waals surface area (Å²) < 4.78 is 55.9. The summed E-state index contributed by atoms with van der Waals surface area (Å²) in [6.07, 6.45) is -1.30. The molecule has 0 saturated heterocycles. The van der Waals surface area contributed by atoms with Gasteiger partial charge < -0.3 is 15.2 Å². The average molecular weight is 450 g/mol. The fourth-order valence-electron chi connectivity index (χ4n) is 3.78. The highest BCUT2D eigenvalue weighted by Crippen LogP contribution is 2.45. The number of rotatable bonds is 5. The highest BCUT2D eigenvalue weighted by Gasteiger charge is 2.55. The molecule has 0 unspecified atom stereocenters. The Kier molecular flexibility index (Phi) is 5.59. The van der Waals surface area contributed by atoms with E-state index in [9.17, 15) is 27.6 Å². The van der Waals surface area contributed by atoms with Crippen molar-refractivity contribution in [2.24, 2.45) is 7.05 Å². The molecule has 1 heterocycles. The van der Waals surface area contributed by atoms with Crippen molar-refractivity contribution < 1.29 is 31.9 Å². The fraction of sp³-hybridized carbons (Fsp3) is 0.333. The maximum Gasteiger partial charge on any atom is 0.293 e. The number of carbonyl (C=O) groups excluding carboxylic acids is 3. The van der Waals surface area contributed by atoms with Crippen molar-refractivity contribution in [1.82, 2.24) is 9.88 Å². The van der Waals surface area contributed by atoms with Crippen LogP contribution in [0.25, 0.3) is 0 Å². The molecule has 0 bridgehead atoms. The van der Waals surface area contributed by atoms with Crippen LogP contribution in [0.2, 0.25) is 0 Å². The van der Waals surface area contributed by atoms with Gasteiger partial charge in [0, 0.05) is 36.8 Å². The van der Waals surface area contributed by atoms with Crippen molar-refractivity contribution in [3.05, 3.63) is 52.3 Å². The van der Waals surface area contributed by atoms with Crippen LogP contribution in [-0.2, 0) is 11.8 Å². The zero-order valence-electron chi connectivity index (χ0n) is 17.3. The maximum absolute atomic E-state index is 15.1. The van der Waals surface area contributed by atoms with Gasteiger partial charge in [-0.15, -0.1) is 0 Å². The van der Waals surface area contributed by atoms with E-state index in [1.807, 2.05) is 0 Å². The zero-order valence-corrected chi connectivity index (χ0v) is 17.3. The number of alkyl halides is 2. The van der Waals surface area contributed by atoms with Crippen molar-refractivity contribution >= 4 is 23.3 Å². The van der Waals surface area contributed by atoms with E-state index in [1.165, 1.54) is 20.9 Å². The third-order valence-electron chi connectivity index (χ3n) is 5.33. The van der Waals surface area contributed by atoms with Crippen LogP contribution in [0.15, 0.2) is 18.2 Å². The predicted molar refractivity (Wildman–Crippen MR) is 104 cm³/mol. The number of halogens is 4. The van der Waals surface area contributed by atoms with E-state index in [2.05, 4.69) is 10.6 Å². The number of amides is 2. The molecule has 0 atom stereocenters. The molecule has 2 amide bonds. The molecule has 1 fully saturated rings. The molecular weight excluding hydrogens is 432 g/mol. The Morgan fingerprint density at radius 3 is 2.38 bits per heavy atom. The van der Waals surface area contributed by atoms with Gasteiger partial charge in [0.05, 0.1) is 11.1 Å².